The third kappa shape index (κ3) is 3.96. The monoisotopic (exact) mass is 310 g/mol. The molecule has 1 aromatic rings. The molecule has 0 radical (unpaired) electrons. The second-order valence-electron chi connectivity index (χ2n) is 5.68. The summed E-state index contributed by atoms with van der Waals surface area (Å²) in [5.74, 6) is 0.983. The highest BCUT2D eigenvalue weighted by atomic mass is 35.5. The molecule has 0 aromatic heterocycles. The molecule has 21 heavy (non-hydrogen) atoms. The van der Waals surface area contributed by atoms with E-state index in [0.717, 1.165) is 31.7 Å². The lowest BCUT2D eigenvalue weighted by atomic mass is 9.97. The Balaban J connectivity index is 2.26. The molecule has 116 valence electrons. The van der Waals surface area contributed by atoms with Gasteiger partial charge in [-0.1, -0.05) is 25.4 Å². The first-order chi connectivity index (χ1) is 10.0. The molecular formula is C16H23ClN2O2. The Labute approximate surface area is 131 Å². The Hall–Kier alpha value is -1.10. The molecule has 0 aliphatic carbocycles. The Morgan fingerprint density at radius 2 is 2.05 bits per heavy atom. The summed E-state index contributed by atoms with van der Waals surface area (Å²) in [5.41, 5.74) is 1.57. The summed E-state index contributed by atoms with van der Waals surface area (Å²) in [5, 5.41) is 3.87. The molecule has 0 spiro atoms. The van der Waals surface area contributed by atoms with E-state index in [9.17, 15) is 4.79 Å². The van der Waals surface area contributed by atoms with Crippen LogP contribution in [0.4, 0.5) is 0 Å². The molecule has 5 heteroatoms. The molecule has 0 bridgehead atoms. The van der Waals surface area contributed by atoms with Crippen molar-refractivity contribution in [2.75, 3.05) is 39.8 Å². The molecule has 1 aromatic carbocycles. The van der Waals surface area contributed by atoms with Crippen molar-refractivity contribution < 1.29 is 9.53 Å². The van der Waals surface area contributed by atoms with Crippen molar-refractivity contribution in [3.63, 3.8) is 0 Å². The fourth-order valence-corrected chi connectivity index (χ4v) is 2.86. The summed E-state index contributed by atoms with van der Waals surface area (Å²) in [4.78, 5) is 14.8. The number of rotatable bonds is 5. The summed E-state index contributed by atoms with van der Waals surface area (Å²) < 4.78 is 5.49. The van der Waals surface area contributed by atoms with Crippen LogP contribution in [0.25, 0.3) is 0 Å². The maximum Gasteiger partial charge on any atom is 0.180 e. The molecule has 1 N–H and O–H groups in total. The van der Waals surface area contributed by atoms with Crippen molar-refractivity contribution in [2.24, 2.45) is 0 Å². The molecular weight excluding hydrogens is 288 g/mol. The summed E-state index contributed by atoms with van der Waals surface area (Å²) in [6.07, 6.45) is 0. The number of hydrogen-bond acceptors (Lipinski definition) is 4. The summed E-state index contributed by atoms with van der Waals surface area (Å²) >= 11 is 6.18. The largest absolute Gasteiger partial charge is 0.496 e. The van der Waals surface area contributed by atoms with E-state index in [1.54, 1.807) is 13.2 Å². The number of Topliss-reactive ketones (excluding diaryl/α,β-unsaturated/α-hetero) is 1. The number of nitrogens with one attached hydrogen (secondary N) is 1. The Bertz CT molecular complexity index is 511. The van der Waals surface area contributed by atoms with Gasteiger partial charge in [-0.05, 0) is 23.6 Å². The number of halogens is 1. The average Bonchev–Trinajstić information content (AvgIpc) is 2.47. The van der Waals surface area contributed by atoms with Crippen LogP contribution in [-0.2, 0) is 0 Å². The number of ketones is 1. The van der Waals surface area contributed by atoms with Crippen molar-refractivity contribution in [2.45, 2.75) is 19.8 Å². The van der Waals surface area contributed by atoms with Gasteiger partial charge in [0.2, 0.25) is 0 Å². The lowest BCUT2D eigenvalue weighted by molar-refractivity contribution is 0.0918. The number of piperazine rings is 1. The van der Waals surface area contributed by atoms with E-state index in [4.69, 9.17) is 16.3 Å². The van der Waals surface area contributed by atoms with Crippen LogP contribution in [0.15, 0.2) is 12.1 Å². The zero-order valence-electron chi connectivity index (χ0n) is 12.9. The normalized spacial score (nSPS) is 16.2. The van der Waals surface area contributed by atoms with Crippen molar-refractivity contribution >= 4 is 17.4 Å². The predicted octanol–water partition coefficient (Wildman–Crippen LogP) is 2.56. The van der Waals surface area contributed by atoms with E-state index in [0.29, 0.717) is 22.9 Å². The second kappa shape index (κ2) is 7.25. The Morgan fingerprint density at radius 1 is 1.38 bits per heavy atom. The fraction of sp³-hybridized carbons (Fsp3) is 0.562. The van der Waals surface area contributed by atoms with E-state index < -0.39 is 0 Å². The van der Waals surface area contributed by atoms with Gasteiger partial charge in [0.1, 0.15) is 5.75 Å². The number of ether oxygens (including phenoxy) is 1. The van der Waals surface area contributed by atoms with E-state index in [2.05, 4.69) is 24.1 Å². The van der Waals surface area contributed by atoms with Gasteiger partial charge in [-0.15, -0.1) is 0 Å². The van der Waals surface area contributed by atoms with Crippen LogP contribution in [0.5, 0.6) is 5.75 Å². The van der Waals surface area contributed by atoms with Crippen molar-refractivity contribution in [3.05, 3.63) is 28.3 Å². The first-order valence-electron chi connectivity index (χ1n) is 7.36. The average molecular weight is 311 g/mol. The van der Waals surface area contributed by atoms with Crippen LogP contribution in [0.2, 0.25) is 5.02 Å². The highest BCUT2D eigenvalue weighted by Gasteiger charge is 2.21. The molecule has 1 heterocycles. The Morgan fingerprint density at radius 3 is 2.62 bits per heavy atom. The number of nitrogens with zero attached hydrogens (tertiary/aromatic N) is 1. The van der Waals surface area contributed by atoms with Gasteiger partial charge >= 0.3 is 0 Å². The quantitative estimate of drug-likeness (QED) is 0.849. The van der Waals surface area contributed by atoms with Gasteiger partial charge in [0.15, 0.2) is 5.78 Å². The highest BCUT2D eigenvalue weighted by molar-refractivity contribution is 6.31. The number of carbonyl (C=O) groups excluding carboxylic acids is 1. The molecule has 1 aliphatic heterocycles. The van der Waals surface area contributed by atoms with Crippen LogP contribution < -0.4 is 10.1 Å². The van der Waals surface area contributed by atoms with Crippen molar-refractivity contribution in [1.82, 2.24) is 10.2 Å². The molecule has 0 saturated carbocycles. The van der Waals surface area contributed by atoms with Crippen LogP contribution in [0, 0.1) is 0 Å². The SMILES string of the molecule is COc1c(C(=O)CN2CCNCC2)cc(Cl)cc1C(C)C. The maximum absolute atomic E-state index is 12.6. The molecule has 4 nitrogen and oxygen atoms in total. The van der Waals surface area contributed by atoms with E-state index >= 15 is 0 Å². The molecule has 0 atom stereocenters. The second-order valence-corrected chi connectivity index (χ2v) is 6.12. The lowest BCUT2D eigenvalue weighted by Crippen LogP contribution is -2.45. The van der Waals surface area contributed by atoms with Gasteiger partial charge < -0.3 is 10.1 Å². The maximum atomic E-state index is 12.6. The van der Waals surface area contributed by atoms with Crippen molar-refractivity contribution in [1.29, 1.82) is 0 Å². The lowest BCUT2D eigenvalue weighted by Gasteiger charge is -2.27. The van der Waals surface area contributed by atoms with Crippen LogP contribution in [0.1, 0.15) is 35.7 Å². The third-order valence-corrected chi connectivity index (χ3v) is 4.00. The van der Waals surface area contributed by atoms with Crippen LogP contribution in [-0.4, -0.2) is 50.5 Å². The van der Waals surface area contributed by atoms with Crippen molar-refractivity contribution in [3.8, 4) is 5.75 Å². The van der Waals surface area contributed by atoms with Crippen LogP contribution in [0.3, 0.4) is 0 Å². The van der Waals surface area contributed by atoms with E-state index in [-0.39, 0.29) is 11.7 Å². The summed E-state index contributed by atoms with van der Waals surface area (Å²) in [6.45, 7) is 8.19. The minimum absolute atomic E-state index is 0.0677. The standard InChI is InChI=1S/C16H23ClN2O2/c1-11(2)13-8-12(17)9-14(16(13)21-3)15(20)10-19-6-4-18-5-7-19/h8-9,11,18H,4-7,10H2,1-3H3. The molecule has 0 amide bonds. The van der Waals surface area contributed by atoms with Gasteiger partial charge in [-0.2, -0.15) is 0 Å². The molecule has 1 saturated heterocycles. The first-order valence-corrected chi connectivity index (χ1v) is 7.74. The fourth-order valence-electron chi connectivity index (χ4n) is 2.64. The minimum Gasteiger partial charge on any atom is -0.496 e. The molecule has 1 fully saturated rings. The van der Waals surface area contributed by atoms with Gasteiger partial charge in [0.25, 0.3) is 0 Å². The zero-order chi connectivity index (χ0) is 15.4. The summed E-state index contributed by atoms with van der Waals surface area (Å²) in [6, 6.07) is 3.60. The minimum atomic E-state index is 0.0677. The molecule has 1 aliphatic rings. The van der Waals surface area contributed by atoms with Crippen LogP contribution >= 0.6 is 11.6 Å². The summed E-state index contributed by atoms with van der Waals surface area (Å²) in [7, 11) is 1.61. The van der Waals surface area contributed by atoms with Gasteiger partial charge in [-0.25, -0.2) is 0 Å². The Kier molecular flexibility index (Phi) is 5.62. The number of hydrogen-bond donors (Lipinski definition) is 1. The number of methoxy groups -OCH3 is 1. The smallest absolute Gasteiger partial charge is 0.180 e. The highest BCUT2D eigenvalue weighted by Crippen LogP contribution is 2.33. The predicted molar refractivity (Wildman–Crippen MR) is 85.7 cm³/mol. The van der Waals surface area contributed by atoms with E-state index in [1.165, 1.54) is 0 Å². The molecule has 0 unspecified atom stereocenters. The number of carbonyl (C=O) groups is 1. The first kappa shape index (κ1) is 16.3. The number of benzene rings is 1. The van der Waals surface area contributed by atoms with Gasteiger partial charge in [-0.3, -0.25) is 9.69 Å². The van der Waals surface area contributed by atoms with E-state index in [1.807, 2.05) is 6.07 Å². The topological polar surface area (TPSA) is 41.6 Å². The molecule has 2 rings (SSSR count). The zero-order valence-corrected chi connectivity index (χ0v) is 13.7. The van der Waals surface area contributed by atoms with Gasteiger partial charge in [0, 0.05) is 31.2 Å². The third-order valence-electron chi connectivity index (χ3n) is 3.79. The van der Waals surface area contributed by atoms with Gasteiger partial charge in [0.05, 0.1) is 19.2 Å².